The Labute approximate surface area is 151 Å². The van der Waals surface area contributed by atoms with Crippen molar-refractivity contribution in [1.82, 2.24) is 0 Å². The molecule has 2 aromatic rings. The zero-order chi connectivity index (χ0) is 17.7. The molecule has 1 amide bonds. The minimum atomic E-state index is -1.11. The molecule has 0 aliphatic heterocycles. The summed E-state index contributed by atoms with van der Waals surface area (Å²) in [6.07, 6.45) is 0. The number of nitrogens with one attached hydrogen (secondary N) is 2. The molecule has 0 bridgehead atoms. The van der Waals surface area contributed by atoms with Gasteiger partial charge in [0.05, 0.1) is 16.8 Å². The first-order valence-electron chi connectivity index (χ1n) is 7.25. The number of amides is 1. The summed E-state index contributed by atoms with van der Waals surface area (Å²) in [5.74, 6) is -1.59. The highest BCUT2D eigenvalue weighted by atomic mass is 35.5. The molecule has 2 aromatic carbocycles. The summed E-state index contributed by atoms with van der Waals surface area (Å²) in [6, 6.07) is 14.6. The van der Waals surface area contributed by atoms with Gasteiger partial charge in [0.25, 0.3) is 0 Å². The van der Waals surface area contributed by atoms with E-state index in [1.807, 2.05) is 38.1 Å². The van der Waals surface area contributed by atoms with Crippen LogP contribution in [0.4, 0.5) is 11.4 Å². The van der Waals surface area contributed by atoms with E-state index in [1.165, 1.54) is 0 Å². The highest BCUT2D eigenvalue weighted by molar-refractivity contribution is 7.80. The molecule has 2 rings (SSSR count). The van der Waals surface area contributed by atoms with E-state index in [9.17, 15) is 10.1 Å². The summed E-state index contributed by atoms with van der Waals surface area (Å²) in [4.78, 5) is 12.5. The van der Waals surface area contributed by atoms with Gasteiger partial charge in [-0.25, -0.2) is 0 Å². The number of hydrogen-bond donors (Lipinski definition) is 2. The fraction of sp³-hybridized carbons (Fsp3) is 0.167. The number of nitrogens with zero attached hydrogens (tertiary/aromatic N) is 1. The van der Waals surface area contributed by atoms with Gasteiger partial charge in [0, 0.05) is 5.69 Å². The highest BCUT2D eigenvalue weighted by Crippen LogP contribution is 2.22. The Balaban J connectivity index is 2.12. The summed E-state index contributed by atoms with van der Waals surface area (Å²) in [7, 11) is 0. The van der Waals surface area contributed by atoms with E-state index in [1.54, 1.807) is 24.3 Å². The Hall–Kier alpha value is -2.42. The number of anilines is 2. The van der Waals surface area contributed by atoms with Crippen molar-refractivity contribution in [3.63, 3.8) is 0 Å². The Morgan fingerprint density at radius 1 is 1.17 bits per heavy atom. The third kappa shape index (κ3) is 4.31. The minimum Gasteiger partial charge on any atom is -0.347 e. The van der Waals surface area contributed by atoms with E-state index in [0.717, 1.165) is 11.1 Å². The van der Waals surface area contributed by atoms with Gasteiger partial charge in [-0.1, -0.05) is 53.6 Å². The van der Waals surface area contributed by atoms with Crippen molar-refractivity contribution in [2.24, 2.45) is 5.92 Å². The largest absolute Gasteiger partial charge is 0.347 e. The highest BCUT2D eigenvalue weighted by Gasteiger charge is 2.24. The Kier molecular flexibility index (Phi) is 5.91. The van der Waals surface area contributed by atoms with Crippen molar-refractivity contribution in [2.45, 2.75) is 13.8 Å². The number of rotatable bonds is 4. The summed E-state index contributed by atoms with van der Waals surface area (Å²) in [6.45, 7) is 3.86. The maximum Gasteiger partial charge on any atom is 0.248 e. The predicted molar refractivity (Wildman–Crippen MR) is 101 cm³/mol. The molecule has 0 aliphatic rings. The monoisotopic (exact) mass is 357 g/mol. The summed E-state index contributed by atoms with van der Waals surface area (Å²) < 4.78 is 0. The Morgan fingerprint density at radius 3 is 2.50 bits per heavy atom. The Morgan fingerprint density at radius 2 is 1.88 bits per heavy atom. The van der Waals surface area contributed by atoms with Gasteiger partial charge in [-0.15, -0.1) is 0 Å². The van der Waals surface area contributed by atoms with Crippen molar-refractivity contribution in [3.8, 4) is 6.07 Å². The second-order valence-corrected chi connectivity index (χ2v) is 6.19. The smallest absolute Gasteiger partial charge is 0.248 e. The van der Waals surface area contributed by atoms with Crippen LogP contribution in [-0.4, -0.2) is 10.9 Å². The van der Waals surface area contributed by atoms with Crippen molar-refractivity contribution in [3.05, 3.63) is 58.6 Å². The summed E-state index contributed by atoms with van der Waals surface area (Å²) >= 11 is 11.3. The van der Waals surface area contributed by atoms with Gasteiger partial charge in [0.1, 0.15) is 4.99 Å². The van der Waals surface area contributed by atoms with Crippen LogP contribution >= 0.6 is 23.8 Å². The van der Waals surface area contributed by atoms with Crippen LogP contribution in [0, 0.1) is 31.1 Å². The van der Waals surface area contributed by atoms with Gasteiger partial charge in [0.15, 0.2) is 5.92 Å². The molecule has 1 atom stereocenters. The van der Waals surface area contributed by atoms with Crippen molar-refractivity contribution >= 4 is 46.1 Å². The topological polar surface area (TPSA) is 64.9 Å². The second-order valence-electron chi connectivity index (χ2n) is 5.34. The number of carbonyl (C=O) groups excluding carboxylic acids is 1. The molecular formula is C18H16ClN3OS. The number of halogens is 1. The Bertz CT molecular complexity index is 829. The van der Waals surface area contributed by atoms with E-state index in [2.05, 4.69) is 10.6 Å². The molecule has 24 heavy (non-hydrogen) atoms. The van der Waals surface area contributed by atoms with Crippen LogP contribution in [0.3, 0.4) is 0 Å². The third-order valence-electron chi connectivity index (χ3n) is 3.42. The van der Waals surface area contributed by atoms with Gasteiger partial charge < -0.3 is 10.6 Å². The van der Waals surface area contributed by atoms with Crippen LogP contribution in [0.1, 0.15) is 11.1 Å². The van der Waals surface area contributed by atoms with E-state index in [0.29, 0.717) is 16.4 Å². The lowest BCUT2D eigenvalue weighted by Gasteiger charge is -2.15. The fourth-order valence-electron chi connectivity index (χ4n) is 2.16. The summed E-state index contributed by atoms with van der Waals surface area (Å²) in [5, 5.41) is 15.4. The number of benzene rings is 2. The van der Waals surface area contributed by atoms with Gasteiger partial charge in [-0.05, 0) is 37.6 Å². The molecule has 0 saturated heterocycles. The summed E-state index contributed by atoms with van der Waals surface area (Å²) in [5.41, 5.74) is 3.23. The van der Waals surface area contributed by atoms with Gasteiger partial charge in [-0.2, -0.15) is 5.26 Å². The molecule has 0 fully saturated rings. The lowest BCUT2D eigenvalue weighted by molar-refractivity contribution is -0.116. The van der Waals surface area contributed by atoms with Crippen molar-refractivity contribution in [1.29, 1.82) is 5.26 Å². The van der Waals surface area contributed by atoms with Crippen LogP contribution in [-0.2, 0) is 4.79 Å². The molecule has 1 unspecified atom stereocenters. The predicted octanol–water partition coefficient (Wildman–Crippen LogP) is 4.47. The molecular weight excluding hydrogens is 342 g/mol. The minimum absolute atomic E-state index is 0.105. The van der Waals surface area contributed by atoms with E-state index >= 15 is 0 Å². The van der Waals surface area contributed by atoms with Crippen molar-refractivity contribution in [2.75, 3.05) is 10.6 Å². The number of para-hydroxylation sites is 1. The zero-order valence-corrected chi connectivity index (χ0v) is 14.8. The second kappa shape index (κ2) is 7.91. The van der Waals surface area contributed by atoms with Crippen LogP contribution in [0.15, 0.2) is 42.5 Å². The molecule has 0 spiro atoms. The lowest BCUT2D eigenvalue weighted by Crippen LogP contribution is -2.31. The standard InChI is InChI=1S/C18H16ClN3OS/c1-11-7-8-15(12(2)9-11)21-17(23)13(10-20)18(24)22-16-6-4-3-5-14(16)19/h3-9,13H,1-2H3,(H,21,23)(H,22,24). The van der Waals surface area contributed by atoms with Gasteiger partial charge in [-0.3, -0.25) is 4.79 Å². The number of nitriles is 1. The first-order valence-corrected chi connectivity index (χ1v) is 8.04. The molecule has 0 saturated carbocycles. The molecule has 122 valence electrons. The van der Waals surface area contributed by atoms with Crippen LogP contribution in [0.25, 0.3) is 0 Å². The average Bonchev–Trinajstić information content (AvgIpc) is 2.53. The van der Waals surface area contributed by atoms with Crippen LogP contribution in [0.5, 0.6) is 0 Å². The van der Waals surface area contributed by atoms with Crippen LogP contribution in [0.2, 0.25) is 5.02 Å². The van der Waals surface area contributed by atoms with E-state index in [-0.39, 0.29) is 4.99 Å². The van der Waals surface area contributed by atoms with Crippen LogP contribution < -0.4 is 10.6 Å². The number of hydrogen-bond acceptors (Lipinski definition) is 3. The number of carbonyl (C=O) groups is 1. The van der Waals surface area contributed by atoms with Gasteiger partial charge >= 0.3 is 0 Å². The number of thiocarbonyl (C=S) groups is 1. The first-order chi connectivity index (χ1) is 11.4. The molecule has 0 heterocycles. The van der Waals surface area contributed by atoms with E-state index in [4.69, 9.17) is 23.8 Å². The first kappa shape index (κ1) is 17.9. The van der Waals surface area contributed by atoms with E-state index < -0.39 is 11.8 Å². The maximum absolute atomic E-state index is 12.4. The molecule has 0 radical (unpaired) electrons. The average molecular weight is 358 g/mol. The molecule has 0 aromatic heterocycles. The van der Waals surface area contributed by atoms with Crippen molar-refractivity contribution < 1.29 is 4.79 Å². The fourth-order valence-corrected chi connectivity index (χ4v) is 2.62. The normalized spacial score (nSPS) is 11.2. The zero-order valence-electron chi connectivity index (χ0n) is 13.3. The quantitative estimate of drug-likeness (QED) is 0.792. The lowest BCUT2D eigenvalue weighted by atomic mass is 10.1. The molecule has 6 heteroatoms. The molecule has 4 nitrogen and oxygen atoms in total. The maximum atomic E-state index is 12.4. The SMILES string of the molecule is Cc1ccc(NC(=O)C(C#N)C(=S)Nc2ccccc2Cl)c(C)c1. The van der Waals surface area contributed by atoms with Gasteiger partial charge in [0.2, 0.25) is 5.91 Å². The molecule has 0 aliphatic carbocycles. The molecule has 2 N–H and O–H groups in total. The number of aryl methyl sites for hydroxylation is 2. The third-order valence-corrected chi connectivity index (χ3v) is 4.09.